The van der Waals surface area contributed by atoms with Crippen molar-refractivity contribution in [2.24, 2.45) is 0 Å². The molecule has 1 saturated heterocycles. The Balaban J connectivity index is 1.78. The molecule has 2 aromatic rings. The van der Waals surface area contributed by atoms with Crippen LogP contribution in [0.1, 0.15) is 55.0 Å². The van der Waals surface area contributed by atoms with Gasteiger partial charge < -0.3 is 19.6 Å². The topological polar surface area (TPSA) is 70.1 Å². The van der Waals surface area contributed by atoms with Crippen molar-refractivity contribution < 1.29 is 19.4 Å². The van der Waals surface area contributed by atoms with E-state index in [2.05, 4.69) is 0 Å². The van der Waals surface area contributed by atoms with Gasteiger partial charge in [-0.25, -0.2) is 0 Å². The van der Waals surface area contributed by atoms with Crippen LogP contribution in [-0.2, 0) is 27.2 Å². The molecule has 1 amide bonds. The van der Waals surface area contributed by atoms with Crippen LogP contribution >= 0.6 is 0 Å². The lowest BCUT2D eigenvalue weighted by molar-refractivity contribution is -0.140. The quantitative estimate of drug-likeness (QED) is 0.373. The number of hydrogen-bond acceptors (Lipinski definition) is 5. The zero-order valence-corrected chi connectivity index (χ0v) is 20.5. The van der Waals surface area contributed by atoms with Crippen molar-refractivity contribution in [2.75, 3.05) is 32.1 Å². The van der Waals surface area contributed by atoms with Gasteiger partial charge in [0.05, 0.1) is 24.3 Å². The second-order valence-corrected chi connectivity index (χ2v) is 9.59. The van der Waals surface area contributed by atoms with E-state index in [1.54, 1.807) is 0 Å². The summed E-state index contributed by atoms with van der Waals surface area (Å²) in [4.78, 5) is 29.8. The summed E-state index contributed by atoms with van der Waals surface area (Å²) in [6.07, 6.45) is 4.31. The fraction of sp³-hybridized carbons (Fsp3) is 0.429. The summed E-state index contributed by atoms with van der Waals surface area (Å²) in [6.45, 7) is 4.45. The summed E-state index contributed by atoms with van der Waals surface area (Å²) in [5, 5.41) is 11.4. The minimum Gasteiger partial charge on any atom is -0.507 e. The van der Waals surface area contributed by atoms with E-state index in [0.29, 0.717) is 12.2 Å². The molecule has 0 spiro atoms. The molecule has 2 aliphatic rings. The van der Waals surface area contributed by atoms with Crippen molar-refractivity contribution >= 4 is 23.1 Å². The number of ketones is 1. The summed E-state index contributed by atoms with van der Waals surface area (Å²) in [5.74, 6) is -1.37. The molecule has 1 fully saturated rings. The van der Waals surface area contributed by atoms with Gasteiger partial charge in [-0.2, -0.15) is 0 Å². The summed E-state index contributed by atoms with van der Waals surface area (Å²) in [5.41, 5.74) is 5.04. The van der Waals surface area contributed by atoms with E-state index in [4.69, 9.17) is 4.74 Å². The first-order valence-corrected chi connectivity index (χ1v) is 12.1. The highest BCUT2D eigenvalue weighted by atomic mass is 16.5. The standard InChI is InChI=1S/C28H34N2O4/c1-18(2)34-16-15-30-25(20-11-13-23(14-12-20)29(3)4)24(27(32)28(30)33)26(31)22-10-9-19-7-5-6-8-21(19)17-22/h9-14,17-18,25,31H,5-8,15-16H2,1-4H3/b26-24-. The van der Waals surface area contributed by atoms with Gasteiger partial charge in [0.2, 0.25) is 0 Å². The number of aliphatic hydroxyl groups is 1. The van der Waals surface area contributed by atoms with Crippen LogP contribution in [0.4, 0.5) is 5.69 Å². The average molecular weight is 463 g/mol. The van der Waals surface area contributed by atoms with Crippen LogP contribution < -0.4 is 4.90 Å². The number of aliphatic hydroxyl groups excluding tert-OH is 1. The highest BCUT2D eigenvalue weighted by Crippen LogP contribution is 2.40. The van der Waals surface area contributed by atoms with Crippen molar-refractivity contribution in [2.45, 2.75) is 51.7 Å². The maximum absolute atomic E-state index is 13.2. The number of nitrogens with zero attached hydrogens (tertiary/aromatic N) is 2. The molecule has 34 heavy (non-hydrogen) atoms. The number of anilines is 1. The molecule has 1 heterocycles. The number of ether oxygens (including phenoxy) is 1. The van der Waals surface area contributed by atoms with E-state index in [0.717, 1.165) is 30.5 Å². The molecule has 0 aromatic heterocycles. The normalized spacial score (nSPS) is 19.6. The van der Waals surface area contributed by atoms with E-state index >= 15 is 0 Å². The van der Waals surface area contributed by atoms with Crippen LogP contribution in [0, 0.1) is 0 Å². The average Bonchev–Trinajstić information content (AvgIpc) is 3.08. The fourth-order valence-electron chi connectivity index (χ4n) is 4.83. The predicted octanol–water partition coefficient (Wildman–Crippen LogP) is 4.48. The van der Waals surface area contributed by atoms with Crippen LogP contribution in [0.25, 0.3) is 5.76 Å². The molecule has 1 aliphatic carbocycles. The van der Waals surface area contributed by atoms with Crippen molar-refractivity contribution in [3.63, 3.8) is 0 Å². The van der Waals surface area contributed by atoms with Crippen molar-refractivity contribution in [1.29, 1.82) is 0 Å². The molecule has 180 valence electrons. The molecule has 6 nitrogen and oxygen atoms in total. The maximum atomic E-state index is 13.2. The third-order valence-electron chi connectivity index (χ3n) is 6.67. The monoisotopic (exact) mass is 462 g/mol. The number of benzene rings is 2. The number of fused-ring (bicyclic) bond motifs is 1. The molecule has 6 heteroatoms. The lowest BCUT2D eigenvalue weighted by atomic mass is 9.88. The maximum Gasteiger partial charge on any atom is 0.295 e. The summed E-state index contributed by atoms with van der Waals surface area (Å²) >= 11 is 0. The summed E-state index contributed by atoms with van der Waals surface area (Å²) in [6, 6.07) is 13.0. The number of aryl methyl sites for hydroxylation is 2. The van der Waals surface area contributed by atoms with E-state index in [-0.39, 0.29) is 24.0 Å². The molecule has 0 radical (unpaired) electrons. The first kappa shape index (κ1) is 24.0. The van der Waals surface area contributed by atoms with Gasteiger partial charge in [-0.1, -0.05) is 24.3 Å². The second-order valence-electron chi connectivity index (χ2n) is 9.59. The number of rotatable bonds is 7. The Bertz CT molecular complexity index is 1100. The van der Waals surface area contributed by atoms with Gasteiger partial charge in [-0.05, 0) is 74.4 Å². The Morgan fingerprint density at radius 3 is 2.38 bits per heavy atom. The number of likely N-dealkylation sites (tertiary alicyclic amines) is 1. The van der Waals surface area contributed by atoms with Crippen molar-refractivity contribution in [1.82, 2.24) is 4.90 Å². The highest BCUT2D eigenvalue weighted by Gasteiger charge is 2.46. The van der Waals surface area contributed by atoms with Gasteiger partial charge in [-0.15, -0.1) is 0 Å². The van der Waals surface area contributed by atoms with E-state index < -0.39 is 17.7 Å². The number of hydrogen-bond donors (Lipinski definition) is 1. The van der Waals surface area contributed by atoms with E-state index in [1.807, 2.05) is 75.3 Å². The fourth-order valence-corrected chi connectivity index (χ4v) is 4.83. The third-order valence-corrected chi connectivity index (χ3v) is 6.67. The molecule has 1 atom stereocenters. The van der Waals surface area contributed by atoms with Gasteiger partial charge >= 0.3 is 0 Å². The van der Waals surface area contributed by atoms with E-state index in [9.17, 15) is 14.7 Å². The molecule has 4 rings (SSSR count). The zero-order valence-electron chi connectivity index (χ0n) is 20.5. The molecule has 0 bridgehead atoms. The Morgan fingerprint density at radius 1 is 1.06 bits per heavy atom. The predicted molar refractivity (Wildman–Crippen MR) is 134 cm³/mol. The number of carbonyl (C=O) groups is 2. The van der Waals surface area contributed by atoms with Crippen LogP contribution in [0.2, 0.25) is 0 Å². The van der Waals surface area contributed by atoms with Crippen LogP contribution in [0.15, 0.2) is 48.0 Å². The molecule has 1 unspecified atom stereocenters. The van der Waals surface area contributed by atoms with Crippen LogP contribution in [0.5, 0.6) is 0 Å². The molecule has 0 saturated carbocycles. The van der Waals surface area contributed by atoms with Crippen LogP contribution in [-0.4, -0.2) is 55.0 Å². The Hall–Kier alpha value is -3.12. The molecule has 1 aliphatic heterocycles. The summed E-state index contributed by atoms with van der Waals surface area (Å²) in [7, 11) is 3.92. The van der Waals surface area contributed by atoms with Gasteiger partial charge in [0.1, 0.15) is 5.76 Å². The first-order chi connectivity index (χ1) is 16.3. The van der Waals surface area contributed by atoms with Crippen LogP contribution in [0.3, 0.4) is 0 Å². The number of carbonyl (C=O) groups excluding carboxylic acids is 2. The van der Waals surface area contributed by atoms with Gasteiger partial charge in [0.15, 0.2) is 0 Å². The number of amides is 1. The van der Waals surface area contributed by atoms with E-state index in [1.165, 1.54) is 22.4 Å². The molecule has 1 N–H and O–H groups in total. The molecule has 2 aromatic carbocycles. The Kier molecular flexibility index (Phi) is 7.08. The lowest BCUT2D eigenvalue weighted by Gasteiger charge is -2.26. The minimum atomic E-state index is -0.664. The highest BCUT2D eigenvalue weighted by molar-refractivity contribution is 6.46. The van der Waals surface area contributed by atoms with Gasteiger partial charge in [-0.3, -0.25) is 9.59 Å². The first-order valence-electron chi connectivity index (χ1n) is 12.1. The smallest absolute Gasteiger partial charge is 0.295 e. The Morgan fingerprint density at radius 2 is 1.74 bits per heavy atom. The van der Waals surface area contributed by atoms with Gasteiger partial charge in [0.25, 0.3) is 11.7 Å². The minimum absolute atomic E-state index is 0.0187. The van der Waals surface area contributed by atoms with Gasteiger partial charge in [0, 0.05) is 31.9 Å². The largest absolute Gasteiger partial charge is 0.507 e. The third kappa shape index (κ3) is 4.73. The zero-order chi connectivity index (χ0) is 24.4. The summed E-state index contributed by atoms with van der Waals surface area (Å²) < 4.78 is 5.67. The SMILES string of the molecule is CC(C)OCCN1C(=O)C(=O)/C(=C(\O)c2ccc3c(c2)CCCC3)C1c1ccc(N(C)C)cc1. The Labute approximate surface area is 201 Å². The second kappa shape index (κ2) is 10.0. The lowest BCUT2D eigenvalue weighted by Crippen LogP contribution is -2.33. The molecular weight excluding hydrogens is 428 g/mol. The van der Waals surface area contributed by atoms with Crippen molar-refractivity contribution in [3.8, 4) is 0 Å². The molecular formula is C28H34N2O4. The van der Waals surface area contributed by atoms with Crippen molar-refractivity contribution in [3.05, 3.63) is 70.3 Å². The number of Topliss-reactive ketones (excluding diaryl/α,β-unsaturated/α-hetero) is 1.